The quantitative estimate of drug-likeness (QED) is 0.0946. The lowest BCUT2D eigenvalue weighted by Gasteiger charge is -2.14. The molecule has 0 aliphatic heterocycles. The molecule has 0 bridgehead atoms. The Labute approximate surface area is 322 Å². The Morgan fingerprint density at radius 3 is 1.21 bits per heavy atom. The summed E-state index contributed by atoms with van der Waals surface area (Å²) in [6.45, 7) is 8.06. The third-order valence-electron chi connectivity index (χ3n) is 10.1. The number of carbonyl (C=O) groups is 2. The van der Waals surface area contributed by atoms with E-state index >= 15 is 0 Å². The number of ether oxygens (including phenoxy) is 2. The fourth-order valence-corrected chi connectivity index (χ4v) is 7.25. The summed E-state index contributed by atoms with van der Waals surface area (Å²) in [4.78, 5) is 46.3. The minimum Gasteiger partial charge on any atom is -0.422 e. The molecule has 8 heteroatoms. The molecule has 270 valence electrons. The molecule has 0 saturated heterocycles. The Morgan fingerprint density at radius 2 is 0.804 bits per heavy atom. The van der Waals surface area contributed by atoms with Crippen LogP contribution in [0, 0.1) is 27.7 Å². The van der Waals surface area contributed by atoms with Crippen LogP contribution >= 0.6 is 0 Å². The predicted octanol–water partition coefficient (Wildman–Crippen LogP) is 10.9. The fourth-order valence-electron chi connectivity index (χ4n) is 7.25. The standard InChI is InChI=1S/C48H34N4O4/c1-27-23-38(40-22-18-32-16-20-36-30(4)26-42(52-46(36)44(32)50-40)48(54)56-34-13-9-6-10-14-34)28(2)24-37(27)39-21-17-31-15-19-35-29(3)25-41(51-45(35)43(31)49-39)47(53)55-33-11-7-5-8-12-33/h5-26H,1-4H3. The number of aromatic nitrogens is 4. The predicted molar refractivity (Wildman–Crippen MR) is 220 cm³/mol. The van der Waals surface area contributed by atoms with Crippen LogP contribution in [0.25, 0.3) is 66.1 Å². The van der Waals surface area contributed by atoms with Gasteiger partial charge in [-0.3, -0.25) is 0 Å². The maximum atomic E-state index is 13.2. The first-order chi connectivity index (χ1) is 27.2. The van der Waals surface area contributed by atoms with Crippen LogP contribution in [-0.2, 0) is 0 Å². The number of carbonyl (C=O) groups excluding carboxylic acids is 2. The number of rotatable bonds is 6. The first-order valence-corrected chi connectivity index (χ1v) is 18.3. The maximum absolute atomic E-state index is 13.2. The van der Waals surface area contributed by atoms with E-state index in [-0.39, 0.29) is 11.4 Å². The Balaban J connectivity index is 1.09. The van der Waals surface area contributed by atoms with E-state index in [1.54, 1.807) is 36.4 Å². The van der Waals surface area contributed by atoms with Crippen molar-refractivity contribution in [3.63, 3.8) is 0 Å². The zero-order chi connectivity index (χ0) is 38.5. The number of nitrogens with zero attached hydrogens (tertiary/aromatic N) is 4. The first-order valence-electron chi connectivity index (χ1n) is 18.3. The fraction of sp³-hybridized carbons (Fsp3) is 0.0833. The Bertz CT molecular complexity index is 2850. The maximum Gasteiger partial charge on any atom is 0.362 e. The topological polar surface area (TPSA) is 104 Å². The van der Waals surface area contributed by atoms with Crippen molar-refractivity contribution in [1.29, 1.82) is 0 Å². The number of fused-ring (bicyclic) bond motifs is 6. The van der Waals surface area contributed by atoms with Gasteiger partial charge in [-0.15, -0.1) is 0 Å². The molecule has 9 aromatic rings. The Hall–Kier alpha value is -7.32. The third kappa shape index (κ3) is 6.27. The van der Waals surface area contributed by atoms with Crippen molar-refractivity contribution >= 4 is 55.6 Å². The molecule has 9 rings (SSSR count). The highest BCUT2D eigenvalue weighted by atomic mass is 16.5. The van der Waals surface area contributed by atoms with Gasteiger partial charge in [-0.1, -0.05) is 72.8 Å². The number of benzene rings is 5. The SMILES string of the molecule is Cc1cc(-c2ccc3ccc4c(C)cc(C(=O)Oc5ccccc5)nc4c3n2)c(C)cc1-c1ccc2ccc3c(C)cc(C(=O)Oc4ccccc4)nc3c2n1. The zero-order valence-electron chi connectivity index (χ0n) is 31.1. The molecule has 4 aromatic heterocycles. The molecule has 0 saturated carbocycles. The average Bonchev–Trinajstić information content (AvgIpc) is 3.21. The minimum absolute atomic E-state index is 0.222. The summed E-state index contributed by atoms with van der Waals surface area (Å²) in [6.07, 6.45) is 0. The number of pyridine rings is 4. The van der Waals surface area contributed by atoms with Gasteiger partial charge in [-0.2, -0.15) is 0 Å². The van der Waals surface area contributed by atoms with Gasteiger partial charge in [0, 0.05) is 32.7 Å². The van der Waals surface area contributed by atoms with E-state index in [1.807, 2.05) is 98.8 Å². The van der Waals surface area contributed by atoms with E-state index in [1.165, 1.54) is 0 Å². The van der Waals surface area contributed by atoms with Gasteiger partial charge in [0.2, 0.25) is 0 Å². The summed E-state index contributed by atoms with van der Waals surface area (Å²) in [7, 11) is 0. The Morgan fingerprint density at radius 1 is 0.411 bits per heavy atom. The van der Waals surface area contributed by atoms with Crippen molar-refractivity contribution in [2.45, 2.75) is 27.7 Å². The van der Waals surface area contributed by atoms with Crippen LogP contribution in [0.1, 0.15) is 43.2 Å². The molecular formula is C48H34N4O4. The molecule has 56 heavy (non-hydrogen) atoms. The van der Waals surface area contributed by atoms with Gasteiger partial charge in [-0.05, 0) is 111 Å². The van der Waals surface area contributed by atoms with Crippen molar-refractivity contribution in [3.8, 4) is 34.0 Å². The van der Waals surface area contributed by atoms with E-state index < -0.39 is 11.9 Å². The Kier molecular flexibility index (Phi) is 8.51. The number of hydrogen-bond acceptors (Lipinski definition) is 8. The minimum atomic E-state index is -0.524. The second kappa shape index (κ2) is 13.8. The van der Waals surface area contributed by atoms with Gasteiger partial charge in [-0.25, -0.2) is 29.5 Å². The number of para-hydroxylation sites is 2. The molecule has 0 aliphatic rings. The third-order valence-corrected chi connectivity index (χ3v) is 10.1. The highest BCUT2D eigenvalue weighted by Crippen LogP contribution is 2.35. The monoisotopic (exact) mass is 730 g/mol. The molecular weight excluding hydrogens is 697 g/mol. The molecule has 0 radical (unpaired) electrons. The average molecular weight is 731 g/mol. The molecule has 0 spiro atoms. The molecule has 0 fully saturated rings. The largest absolute Gasteiger partial charge is 0.422 e. The van der Waals surface area contributed by atoms with Gasteiger partial charge in [0.25, 0.3) is 0 Å². The second-order valence-electron chi connectivity index (χ2n) is 14.0. The summed E-state index contributed by atoms with van der Waals surface area (Å²) < 4.78 is 11.2. The number of hydrogen-bond donors (Lipinski definition) is 0. The molecule has 8 nitrogen and oxygen atoms in total. The zero-order valence-corrected chi connectivity index (χ0v) is 31.1. The van der Waals surface area contributed by atoms with Crippen LogP contribution in [0.5, 0.6) is 11.5 Å². The van der Waals surface area contributed by atoms with Crippen LogP contribution in [0.4, 0.5) is 0 Å². The van der Waals surface area contributed by atoms with Gasteiger partial charge in [0.05, 0.1) is 33.5 Å². The molecule has 0 atom stereocenters. The summed E-state index contributed by atoms with van der Waals surface area (Å²) in [5, 5.41) is 3.67. The highest BCUT2D eigenvalue weighted by molar-refractivity contribution is 6.07. The van der Waals surface area contributed by atoms with E-state index in [4.69, 9.17) is 29.4 Å². The lowest BCUT2D eigenvalue weighted by molar-refractivity contribution is 0.0719. The van der Waals surface area contributed by atoms with Crippen molar-refractivity contribution in [2.24, 2.45) is 0 Å². The van der Waals surface area contributed by atoms with Crippen molar-refractivity contribution in [1.82, 2.24) is 19.9 Å². The molecule has 0 N–H and O–H groups in total. The normalized spacial score (nSPS) is 11.4. The van der Waals surface area contributed by atoms with E-state index in [2.05, 4.69) is 26.0 Å². The molecule has 0 amide bonds. The van der Waals surface area contributed by atoms with Crippen LogP contribution < -0.4 is 9.47 Å². The molecule has 0 aliphatic carbocycles. The number of esters is 2. The molecule has 4 heterocycles. The second-order valence-corrected chi connectivity index (χ2v) is 14.0. The first kappa shape index (κ1) is 34.4. The van der Waals surface area contributed by atoms with Crippen LogP contribution in [0.2, 0.25) is 0 Å². The highest BCUT2D eigenvalue weighted by Gasteiger charge is 2.19. The number of aryl methyl sites for hydroxylation is 4. The molecule has 5 aromatic carbocycles. The smallest absolute Gasteiger partial charge is 0.362 e. The van der Waals surface area contributed by atoms with Crippen LogP contribution in [-0.4, -0.2) is 31.9 Å². The summed E-state index contributed by atoms with van der Waals surface area (Å²) in [6, 6.07) is 42.0. The lowest BCUT2D eigenvalue weighted by atomic mass is 9.95. The van der Waals surface area contributed by atoms with E-state index in [0.717, 1.165) is 66.3 Å². The summed E-state index contributed by atoms with van der Waals surface area (Å²) in [5.41, 5.74) is 10.5. The van der Waals surface area contributed by atoms with Gasteiger partial charge in [0.1, 0.15) is 22.9 Å². The van der Waals surface area contributed by atoms with Crippen molar-refractivity contribution < 1.29 is 19.1 Å². The van der Waals surface area contributed by atoms with Crippen LogP contribution in [0.3, 0.4) is 0 Å². The summed E-state index contributed by atoms with van der Waals surface area (Å²) in [5.74, 6) is -0.134. The summed E-state index contributed by atoms with van der Waals surface area (Å²) >= 11 is 0. The van der Waals surface area contributed by atoms with Gasteiger partial charge < -0.3 is 9.47 Å². The van der Waals surface area contributed by atoms with Crippen molar-refractivity contribution in [2.75, 3.05) is 0 Å². The van der Waals surface area contributed by atoms with Gasteiger partial charge >= 0.3 is 11.9 Å². The van der Waals surface area contributed by atoms with E-state index in [9.17, 15) is 9.59 Å². The van der Waals surface area contributed by atoms with Crippen LogP contribution in [0.15, 0.2) is 133 Å². The van der Waals surface area contributed by atoms with Crippen molar-refractivity contribution in [3.05, 3.63) is 167 Å². The lowest BCUT2D eigenvalue weighted by Crippen LogP contribution is -2.11. The van der Waals surface area contributed by atoms with Gasteiger partial charge in [0.15, 0.2) is 0 Å². The molecule has 0 unspecified atom stereocenters. The van der Waals surface area contributed by atoms with E-state index in [0.29, 0.717) is 33.6 Å².